The molecule has 0 fully saturated rings. The van der Waals surface area contributed by atoms with Crippen LogP contribution in [0.25, 0.3) is 0 Å². The van der Waals surface area contributed by atoms with Crippen molar-refractivity contribution in [2.24, 2.45) is 0 Å². The molecule has 8 heteroatoms. The fourth-order valence-electron chi connectivity index (χ4n) is 3.14. The number of benzene rings is 1. The highest BCUT2D eigenvalue weighted by atomic mass is 32.1. The molecule has 0 saturated carbocycles. The molecule has 0 bridgehead atoms. The first-order valence-electron chi connectivity index (χ1n) is 10.1. The summed E-state index contributed by atoms with van der Waals surface area (Å²) in [7, 11) is 0. The number of carbonyl (C=O) groups excluding carboxylic acids is 3. The Morgan fingerprint density at radius 2 is 1.84 bits per heavy atom. The van der Waals surface area contributed by atoms with Crippen molar-refractivity contribution in [3.63, 3.8) is 0 Å². The lowest BCUT2D eigenvalue weighted by atomic mass is 10.1. The van der Waals surface area contributed by atoms with Gasteiger partial charge in [0.2, 0.25) is 0 Å². The zero-order valence-corrected chi connectivity index (χ0v) is 19.5. The van der Waals surface area contributed by atoms with Gasteiger partial charge in [0.15, 0.2) is 11.5 Å². The lowest BCUT2D eigenvalue weighted by molar-refractivity contribution is 0.0527. The average Bonchev–Trinajstić information content (AvgIpc) is 3.33. The Hall–Kier alpha value is -3.39. The van der Waals surface area contributed by atoms with Gasteiger partial charge in [0, 0.05) is 0 Å². The van der Waals surface area contributed by atoms with E-state index < -0.39 is 11.9 Å². The summed E-state index contributed by atoms with van der Waals surface area (Å²) in [6.07, 6.45) is 0. The highest BCUT2D eigenvalue weighted by Gasteiger charge is 2.26. The van der Waals surface area contributed by atoms with Gasteiger partial charge in [-0.3, -0.25) is 9.59 Å². The second kappa shape index (κ2) is 9.82. The van der Waals surface area contributed by atoms with E-state index in [4.69, 9.17) is 13.9 Å². The van der Waals surface area contributed by atoms with Gasteiger partial charge >= 0.3 is 5.97 Å². The van der Waals surface area contributed by atoms with Crippen molar-refractivity contribution in [3.05, 3.63) is 69.0 Å². The number of nitrogens with one attached hydrogen (secondary N) is 1. The number of amides is 1. The Kier molecular flexibility index (Phi) is 7.15. The molecule has 0 spiro atoms. The molecule has 7 nitrogen and oxygen atoms in total. The zero-order chi connectivity index (χ0) is 23.4. The summed E-state index contributed by atoms with van der Waals surface area (Å²) < 4.78 is 16.5. The molecular weight excluding hydrogens is 430 g/mol. The van der Waals surface area contributed by atoms with Crippen LogP contribution in [0.3, 0.4) is 0 Å². The van der Waals surface area contributed by atoms with Gasteiger partial charge in [-0.15, -0.1) is 11.3 Å². The molecule has 2 heterocycles. The molecule has 3 rings (SSSR count). The zero-order valence-electron chi connectivity index (χ0n) is 18.7. The molecule has 0 saturated heterocycles. The monoisotopic (exact) mass is 455 g/mol. The maximum atomic E-state index is 12.7. The Bertz CT molecular complexity index is 1170. The number of ketones is 1. The van der Waals surface area contributed by atoms with Crippen LogP contribution in [0.2, 0.25) is 0 Å². The largest absolute Gasteiger partial charge is 0.485 e. The van der Waals surface area contributed by atoms with Crippen LogP contribution in [0.1, 0.15) is 66.9 Å². The molecule has 0 unspecified atom stereocenters. The SMILES string of the molecule is CCOC(=O)c1c(NC(=O)c2ccc(COc3cc(C)ccc3C)o2)sc(C(C)=O)c1C. The lowest BCUT2D eigenvalue weighted by Gasteiger charge is -2.08. The molecule has 32 heavy (non-hydrogen) atoms. The van der Waals surface area contributed by atoms with Crippen LogP contribution < -0.4 is 10.1 Å². The first kappa shape index (κ1) is 23.3. The quantitative estimate of drug-likeness (QED) is 0.357. The third kappa shape index (κ3) is 5.08. The molecule has 1 N–H and O–H groups in total. The molecule has 3 aromatic rings. The Morgan fingerprint density at radius 1 is 1.09 bits per heavy atom. The van der Waals surface area contributed by atoms with Crippen LogP contribution in [0, 0.1) is 20.8 Å². The number of anilines is 1. The Balaban J connectivity index is 1.76. The maximum Gasteiger partial charge on any atom is 0.341 e. The number of esters is 1. The molecule has 168 valence electrons. The van der Waals surface area contributed by atoms with Gasteiger partial charge in [-0.25, -0.2) is 4.79 Å². The molecule has 1 amide bonds. The summed E-state index contributed by atoms with van der Waals surface area (Å²) in [5, 5.41) is 2.93. The highest BCUT2D eigenvalue weighted by molar-refractivity contribution is 7.18. The van der Waals surface area contributed by atoms with Crippen molar-refractivity contribution in [2.75, 3.05) is 11.9 Å². The van der Waals surface area contributed by atoms with Gasteiger partial charge in [0.25, 0.3) is 5.91 Å². The summed E-state index contributed by atoms with van der Waals surface area (Å²) in [5.74, 6) is -0.0287. The summed E-state index contributed by atoms with van der Waals surface area (Å²) in [6, 6.07) is 9.12. The second-order valence-electron chi connectivity index (χ2n) is 7.31. The summed E-state index contributed by atoms with van der Waals surface area (Å²) in [6.45, 7) is 9.04. The number of ether oxygens (including phenoxy) is 2. The topological polar surface area (TPSA) is 94.8 Å². The van der Waals surface area contributed by atoms with Crippen molar-refractivity contribution in [1.29, 1.82) is 0 Å². The third-order valence-electron chi connectivity index (χ3n) is 4.77. The van der Waals surface area contributed by atoms with E-state index in [0.29, 0.717) is 16.2 Å². The molecular formula is C24H25NO6S. The number of hydrogen-bond donors (Lipinski definition) is 1. The van der Waals surface area contributed by atoms with E-state index in [9.17, 15) is 14.4 Å². The third-order valence-corrected chi connectivity index (χ3v) is 6.08. The van der Waals surface area contributed by atoms with Crippen LogP contribution in [0.5, 0.6) is 5.75 Å². The highest BCUT2D eigenvalue weighted by Crippen LogP contribution is 2.34. The number of rotatable bonds is 8. The van der Waals surface area contributed by atoms with E-state index in [1.807, 2.05) is 32.0 Å². The molecule has 1 aromatic carbocycles. The smallest absolute Gasteiger partial charge is 0.341 e. The molecule has 0 atom stereocenters. The minimum absolute atomic E-state index is 0.0646. The normalized spacial score (nSPS) is 10.7. The predicted octanol–water partition coefficient (Wildman–Crippen LogP) is 5.48. The first-order chi connectivity index (χ1) is 15.2. The lowest BCUT2D eigenvalue weighted by Crippen LogP contribution is -2.14. The van der Waals surface area contributed by atoms with Crippen LogP contribution in [-0.4, -0.2) is 24.3 Å². The van der Waals surface area contributed by atoms with Gasteiger partial charge < -0.3 is 19.2 Å². The molecule has 0 aliphatic heterocycles. The second-order valence-corrected chi connectivity index (χ2v) is 8.34. The van der Waals surface area contributed by atoms with Crippen molar-refractivity contribution < 1.29 is 28.3 Å². The van der Waals surface area contributed by atoms with E-state index in [1.54, 1.807) is 19.9 Å². The standard InChI is InChI=1S/C24H25NO6S/c1-6-29-24(28)20-15(4)21(16(5)26)32-23(20)25-22(27)18-10-9-17(31-18)12-30-19-11-13(2)7-8-14(19)3/h7-11H,6,12H2,1-5H3,(H,25,27). The van der Waals surface area contributed by atoms with Crippen LogP contribution in [0.4, 0.5) is 5.00 Å². The Labute approximate surface area is 190 Å². The number of hydrogen-bond acceptors (Lipinski definition) is 7. The van der Waals surface area contributed by atoms with Crippen LogP contribution >= 0.6 is 11.3 Å². The van der Waals surface area contributed by atoms with Gasteiger partial charge in [-0.05, 0) is 69.5 Å². The summed E-state index contributed by atoms with van der Waals surface area (Å²) in [5.41, 5.74) is 2.75. The number of thiophene rings is 1. The average molecular weight is 456 g/mol. The predicted molar refractivity (Wildman–Crippen MR) is 122 cm³/mol. The van der Waals surface area contributed by atoms with Gasteiger partial charge in [-0.2, -0.15) is 0 Å². The van der Waals surface area contributed by atoms with Crippen LogP contribution in [0.15, 0.2) is 34.7 Å². The number of furan rings is 1. The van der Waals surface area contributed by atoms with Crippen molar-refractivity contribution in [3.8, 4) is 5.75 Å². The van der Waals surface area contributed by atoms with E-state index in [1.165, 1.54) is 13.0 Å². The van der Waals surface area contributed by atoms with Gasteiger partial charge in [-0.1, -0.05) is 12.1 Å². The minimum atomic E-state index is -0.592. The molecule has 0 aliphatic carbocycles. The minimum Gasteiger partial charge on any atom is -0.485 e. The fraction of sp³-hybridized carbons (Fsp3) is 0.292. The van der Waals surface area contributed by atoms with Gasteiger partial charge in [0.05, 0.1) is 17.0 Å². The van der Waals surface area contributed by atoms with E-state index in [2.05, 4.69) is 5.32 Å². The van der Waals surface area contributed by atoms with Crippen molar-refractivity contribution in [2.45, 2.75) is 41.2 Å². The van der Waals surface area contributed by atoms with E-state index in [0.717, 1.165) is 28.2 Å². The fourth-order valence-corrected chi connectivity index (χ4v) is 4.23. The molecule has 0 radical (unpaired) electrons. The van der Waals surface area contributed by atoms with E-state index >= 15 is 0 Å². The molecule has 2 aromatic heterocycles. The summed E-state index contributed by atoms with van der Waals surface area (Å²) in [4.78, 5) is 37.5. The first-order valence-corrected chi connectivity index (χ1v) is 10.9. The number of aryl methyl sites for hydroxylation is 2. The van der Waals surface area contributed by atoms with Gasteiger partial charge in [0.1, 0.15) is 23.1 Å². The number of carbonyl (C=O) groups is 3. The maximum absolute atomic E-state index is 12.7. The molecule has 0 aliphatic rings. The Morgan fingerprint density at radius 3 is 2.53 bits per heavy atom. The number of Topliss-reactive ketones (excluding diaryl/α,β-unsaturated/α-hetero) is 1. The van der Waals surface area contributed by atoms with Crippen molar-refractivity contribution in [1.82, 2.24) is 0 Å². The van der Waals surface area contributed by atoms with Crippen molar-refractivity contribution >= 4 is 34.0 Å². The van der Waals surface area contributed by atoms with E-state index in [-0.39, 0.29) is 35.3 Å². The van der Waals surface area contributed by atoms with Crippen LogP contribution in [-0.2, 0) is 11.3 Å². The summed E-state index contributed by atoms with van der Waals surface area (Å²) >= 11 is 1.04.